The number of amides is 1. The van der Waals surface area contributed by atoms with Crippen LogP contribution in [0.4, 0.5) is 5.69 Å². The summed E-state index contributed by atoms with van der Waals surface area (Å²) in [5, 5.41) is 2.53. The highest BCUT2D eigenvalue weighted by Crippen LogP contribution is 2.37. The lowest BCUT2D eigenvalue weighted by Gasteiger charge is -2.01. The Bertz CT molecular complexity index is 427. The molecule has 1 aromatic heterocycles. The Morgan fingerprint density at radius 3 is 2.56 bits per heavy atom. The number of Topliss-reactive ketones (excluding diaryl/α,β-unsaturated/α-hetero) is 1. The minimum atomic E-state index is -0.242. The molecule has 0 fully saturated rings. The molecule has 0 saturated heterocycles. The number of nitrogens with two attached hydrogens (primary N) is 1. The maximum Gasteiger partial charge on any atom is 0.255 e. The number of thioether (sulfide) groups is 1. The monoisotopic (exact) mass is 258 g/mol. The quantitative estimate of drug-likeness (QED) is 0.640. The molecule has 0 aliphatic heterocycles. The highest BCUT2D eigenvalue weighted by atomic mass is 32.2. The van der Waals surface area contributed by atoms with Crippen LogP contribution < -0.4 is 11.1 Å². The van der Waals surface area contributed by atoms with Crippen molar-refractivity contribution in [2.75, 3.05) is 19.0 Å². The molecule has 1 rings (SSSR count). The van der Waals surface area contributed by atoms with Gasteiger partial charge < -0.3 is 11.1 Å². The van der Waals surface area contributed by atoms with Gasteiger partial charge in [-0.25, -0.2) is 0 Å². The molecule has 16 heavy (non-hydrogen) atoms. The molecular formula is C10H14N2O2S2. The van der Waals surface area contributed by atoms with E-state index in [1.165, 1.54) is 23.1 Å². The average molecular weight is 258 g/mol. The Morgan fingerprint density at radius 2 is 2.12 bits per heavy atom. The van der Waals surface area contributed by atoms with Crippen LogP contribution in [0, 0.1) is 0 Å². The number of anilines is 1. The highest BCUT2D eigenvalue weighted by molar-refractivity contribution is 8.00. The summed E-state index contributed by atoms with van der Waals surface area (Å²) in [6, 6.07) is 0. The molecule has 0 spiro atoms. The highest BCUT2D eigenvalue weighted by Gasteiger charge is 2.23. The Morgan fingerprint density at radius 1 is 1.50 bits per heavy atom. The van der Waals surface area contributed by atoms with E-state index in [0.717, 1.165) is 4.21 Å². The Balaban J connectivity index is 3.32. The number of nitrogens with one attached hydrogen (secondary N) is 1. The Labute approximate surface area is 103 Å². The molecule has 0 atom stereocenters. The summed E-state index contributed by atoms with van der Waals surface area (Å²) in [5.74, 6) is -0.263. The zero-order valence-corrected chi connectivity index (χ0v) is 11.1. The fourth-order valence-electron chi connectivity index (χ4n) is 1.27. The van der Waals surface area contributed by atoms with Gasteiger partial charge in [-0.2, -0.15) is 0 Å². The first-order valence-electron chi connectivity index (χ1n) is 4.78. The lowest BCUT2D eigenvalue weighted by Crippen LogP contribution is -2.19. The largest absolute Gasteiger partial charge is 0.397 e. The van der Waals surface area contributed by atoms with Crippen molar-refractivity contribution in [1.29, 1.82) is 0 Å². The van der Waals surface area contributed by atoms with Gasteiger partial charge >= 0.3 is 0 Å². The minimum Gasteiger partial charge on any atom is -0.397 e. The summed E-state index contributed by atoms with van der Waals surface area (Å²) < 4.78 is 0.786. The van der Waals surface area contributed by atoms with E-state index in [4.69, 9.17) is 5.73 Å². The number of carbonyl (C=O) groups is 2. The SMILES string of the molecule is CCC(=O)c1sc(SC)c(C(=O)NC)c1N. The van der Waals surface area contributed by atoms with E-state index in [1.54, 1.807) is 14.0 Å². The molecule has 0 aromatic carbocycles. The molecule has 3 N–H and O–H groups in total. The third kappa shape index (κ3) is 2.22. The summed E-state index contributed by atoms with van der Waals surface area (Å²) in [5.41, 5.74) is 6.58. The third-order valence-corrected chi connectivity index (χ3v) is 4.49. The second kappa shape index (κ2) is 5.36. The summed E-state index contributed by atoms with van der Waals surface area (Å²) in [4.78, 5) is 23.7. The van der Waals surface area contributed by atoms with Gasteiger partial charge in [0.05, 0.1) is 20.3 Å². The van der Waals surface area contributed by atoms with Gasteiger partial charge in [-0.3, -0.25) is 9.59 Å². The van der Waals surface area contributed by atoms with Crippen molar-refractivity contribution < 1.29 is 9.59 Å². The standard InChI is InChI=1S/C10H14N2O2S2/c1-4-5(13)8-7(11)6(9(14)12-2)10(15-3)16-8/h4,11H2,1-3H3,(H,12,14). The second-order valence-corrected chi connectivity index (χ2v) is 5.16. The Kier molecular flexibility index (Phi) is 4.37. The van der Waals surface area contributed by atoms with Gasteiger partial charge in [0.15, 0.2) is 5.78 Å². The molecule has 1 heterocycles. The minimum absolute atomic E-state index is 0.0204. The van der Waals surface area contributed by atoms with Gasteiger partial charge in [0.1, 0.15) is 0 Å². The van der Waals surface area contributed by atoms with Gasteiger partial charge in [0.2, 0.25) is 0 Å². The zero-order valence-electron chi connectivity index (χ0n) is 9.42. The third-order valence-electron chi connectivity index (χ3n) is 2.13. The maximum atomic E-state index is 11.6. The molecule has 6 heteroatoms. The van der Waals surface area contributed by atoms with Crippen molar-refractivity contribution >= 4 is 40.5 Å². The zero-order chi connectivity index (χ0) is 12.3. The van der Waals surface area contributed by atoms with Crippen LogP contribution in [0.5, 0.6) is 0 Å². The molecule has 88 valence electrons. The van der Waals surface area contributed by atoms with Crippen LogP contribution in [0.15, 0.2) is 4.21 Å². The van der Waals surface area contributed by atoms with Crippen LogP contribution in [0.25, 0.3) is 0 Å². The number of nitrogen functional groups attached to an aromatic ring is 1. The van der Waals surface area contributed by atoms with Crippen molar-refractivity contribution in [3.05, 3.63) is 10.4 Å². The van der Waals surface area contributed by atoms with E-state index in [2.05, 4.69) is 5.32 Å². The van der Waals surface area contributed by atoms with Crippen LogP contribution in [0.3, 0.4) is 0 Å². The molecule has 0 radical (unpaired) electrons. The maximum absolute atomic E-state index is 11.6. The molecular weight excluding hydrogens is 244 g/mol. The second-order valence-electron chi connectivity index (χ2n) is 3.07. The van der Waals surface area contributed by atoms with Crippen molar-refractivity contribution in [3.63, 3.8) is 0 Å². The lowest BCUT2D eigenvalue weighted by molar-refractivity contribution is 0.0961. The van der Waals surface area contributed by atoms with Crippen molar-refractivity contribution in [2.24, 2.45) is 0 Å². The Hall–Kier alpha value is -1.01. The normalized spacial score (nSPS) is 10.2. The number of carbonyl (C=O) groups excluding carboxylic acids is 2. The van der Waals surface area contributed by atoms with E-state index in [9.17, 15) is 9.59 Å². The van der Waals surface area contributed by atoms with Crippen molar-refractivity contribution in [1.82, 2.24) is 5.32 Å². The summed E-state index contributed by atoms with van der Waals surface area (Å²) in [7, 11) is 1.55. The fourth-order valence-corrected chi connectivity index (χ4v) is 3.22. The van der Waals surface area contributed by atoms with Crippen molar-refractivity contribution in [2.45, 2.75) is 17.6 Å². The van der Waals surface area contributed by atoms with E-state index in [0.29, 0.717) is 22.5 Å². The molecule has 1 amide bonds. The number of hydrogen-bond acceptors (Lipinski definition) is 5. The predicted molar refractivity (Wildman–Crippen MR) is 68.5 cm³/mol. The van der Waals surface area contributed by atoms with E-state index in [1.807, 2.05) is 6.26 Å². The molecule has 4 nitrogen and oxygen atoms in total. The lowest BCUT2D eigenvalue weighted by atomic mass is 10.2. The van der Waals surface area contributed by atoms with Crippen molar-refractivity contribution in [3.8, 4) is 0 Å². The first-order chi connectivity index (χ1) is 7.56. The van der Waals surface area contributed by atoms with Gasteiger partial charge in [0.25, 0.3) is 5.91 Å². The van der Waals surface area contributed by atoms with Crippen LogP contribution in [-0.2, 0) is 0 Å². The molecule has 0 unspecified atom stereocenters. The summed E-state index contributed by atoms with van der Waals surface area (Å²) in [6.07, 6.45) is 2.25. The molecule has 1 aromatic rings. The molecule has 0 aliphatic carbocycles. The number of hydrogen-bond donors (Lipinski definition) is 2. The fraction of sp³-hybridized carbons (Fsp3) is 0.400. The molecule has 0 bridgehead atoms. The topological polar surface area (TPSA) is 72.2 Å². The first-order valence-corrected chi connectivity index (χ1v) is 6.82. The van der Waals surface area contributed by atoms with Crippen LogP contribution in [0.2, 0.25) is 0 Å². The summed E-state index contributed by atoms with van der Waals surface area (Å²) >= 11 is 2.72. The van der Waals surface area contributed by atoms with E-state index in [-0.39, 0.29) is 11.7 Å². The number of thiophene rings is 1. The average Bonchev–Trinajstić information content (AvgIpc) is 2.64. The first kappa shape index (κ1) is 13.1. The van der Waals surface area contributed by atoms with Crippen LogP contribution in [-0.4, -0.2) is 25.0 Å². The van der Waals surface area contributed by atoms with Gasteiger partial charge in [-0.05, 0) is 6.26 Å². The molecule has 0 saturated carbocycles. The predicted octanol–water partition coefficient (Wildman–Crippen LogP) is 2.00. The number of ketones is 1. The van der Waals surface area contributed by atoms with Crippen LogP contribution >= 0.6 is 23.1 Å². The molecule has 0 aliphatic rings. The van der Waals surface area contributed by atoms with Gasteiger partial charge in [-0.1, -0.05) is 6.92 Å². The van der Waals surface area contributed by atoms with Crippen LogP contribution in [0.1, 0.15) is 33.4 Å². The smallest absolute Gasteiger partial charge is 0.255 e. The van der Waals surface area contributed by atoms with E-state index < -0.39 is 0 Å². The van der Waals surface area contributed by atoms with E-state index >= 15 is 0 Å². The van der Waals surface area contributed by atoms with Gasteiger partial charge in [-0.15, -0.1) is 23.1 Å². The summed E-state index contributed by atoms with van der Waals surface area (Å²) in [6.45, 7) is 1.78. The number of rotatable bonds is 4. The van der Waals surface area contributed by atoms with Gasteiger partial charge in [0, 0.05) is 13.5 Å².